The monoisotopic (exact) mass is 388 g/mol. The molecule has 3 heteroatoms. The second-order valence-electron chi connectivity index (χ2n) is 11.5. The maximum atomic E-state index is 10.2. The van der Waals surface area contributed by atoms with E-state index < -0.39 is 0 Å². The maximum Gasteiger partial charge on any atom is 0.0577 e. The van der Waals surface area contributed by atoms with Crippen LogP contribution in [0.5, 0.6) is 0 Å². The molecular formula is C25H44N2O. The number of fused-ring (bicyclic) bond motifs is 5. The highest BCUT2D eigenvalue weighted by molar-refractivity contribution is 5.25. The summed E-state index contributed by atoms with van der Waals surface area (Å²) < 4.78 is 0. The minimum atomic E-state index is -0.0889. The van der Waals surface area contributed by atoms with Gasteiger partial charge >= 0.3 is 0 Å². The number of allylic oxidation sites excluding steroid dienone is 1. The first-order valence-electron chi connectivity index (χ1n) is 12.1. The van der Waals surface area contributed by atoms with Crippen LogP contribution in [-0.2, 0) is 0 Å². The van der Waals surface area contributed by atoms with Crippen LogP contribution in [0.3, 0.4) is 0 Å². The minimum Gasteiger partial charge on any atom is -0.393 e. The molecule has 3 fully saturated rings. The average molecular weight is 389 g/mol. The van der Waals surface area contributed by atoms with Gasteiger partial charge in [-0.25, -0.2) is 0 Å². The molecule has 3 saturated carbocycles. The summed E-state index contributed by atoms with van der Waals surface area (Å²) in [6.45, 7) is 8.73. The fourth-order valence-corrected chi connectivity index (χ4v) is 8.48. The summed E-state index contributed by atoms with van der Waals surface area (Å²) in [5.41, 5.74) is 2.52. The van der Waals surface area contributed by atoms with Crippen LogP contribution >= 0.6 is 0 Å². The lowest BCUT2D eigenvalue weighted by Gasteiger charge is -2.58. The van der Waals surface area contributed by atoms with E-state index in [4.69, 9.17) is 5.84 Å². The summed E-state index contributed by atoms with van der Waals surface area (Å²) in [4.78, 5) is 0. The molecule has 0 radical (unpaired) electrons. The Morgan fingerprint density at radius 3 is 2.71 bits per heavy atom. The van der Waals surface area contributed by atoms with E-state index in [0.717, 1.165) is 49.0 Å². The van der Waals surface area contributed by atoms with Crippen molar-refractivity contribution in [1.82, 2.24) is 5.01 Å². The van der Waals surface area contributed by atoms with Gasteiger partial charge in [-0.2, -0.15) is 0 Å². The first-order valence-corrected chi connectivity index (χ1v) is 12.1. The molecule has 0 saturated heterocycles. The van der Waals surface area contributed by atoms with E-state index in [-0.39, 0.29) is 6.10 Å². The lowest BCUT2D eigenvalue weighted by atomic mass is 9.47. The normalized spacial score (nSPS) is 46.5. The van der Waals surface area contributed by atoms with Crippen molar-refractivity contribution in [2.24, 2.45) is 46.3 Å². The Labute approximate surface area is 173 Å². The van der Waals surface area contributed by atoms with Gasteiger partial charge in [-0.05, 0) is 105 Å². The van der Waals surface area contributed by atoms with E-state index in [1.165, 1.54) is 51.4 Å². The van der Waals surface area contributed by atoms with Crippen LogP contribution in [0.25, 0.3) is 0 Å². The Hall–Kier alpha value is -0.380. The highest BCUT2D eigenvalue weighted by atomic mass is 16.3. The summed E-state index contributed by atoms with van der Waals surface area (Å²) >= 11 is 0. The number of nitrogens with zero attached hydrogens (tertiary/aromatic N) is 1. The third-order valence-electron chi connectivity index (χ3n) is 10.0. The van der Waals surface area contributed by atoms with Crippen molar-refractivity contribution in [3.05, 3.63) is 11.6 Å². The van der Waals surface area contributed by atoms with Gasteiger partial charge in [0.2, 0.25) is 0 Å². The molecule has 4 rings (SSSR count). The standard InChI is InChI=1S/C25H44N2O/c1-17(6-5-15-27(4)26)21-9-10-22-20-8-7-18-16-19(28)11-13-24(18,2)23(20)12-14-25(21,22)3/h7,17,19-23,28H,5-6,8-16,26H2,1-4H3. The molecule has 4 aliphatic carbocycles. The van der Waals surface area contributed by atoms with E-state index in [1.54, 1.807) is 5.57 Å². The molecule has 3 N–H and O–H groups in total. The molecule has 160 valence electrons. The molecule has 3 nitrogen and oxygen atoms in total. The predicted octanol–water partition coefficient (Wildman–Crippen LogP) is 5.15. The molecule has 0 aromatic heterocycles. The minimum absolute atomic E-state index is 0.0889. The van der Waals surface area contributed by atoms with E-state index in [2.05, 4.69) is 26.8 Å². The lowest BCUT2D eigenvalue weighted by Crippen LogP contribution is -2.50. The third kappa shape index (κ3) is 3.40. The zero-order valence-electron chi connectivity index (χ0n) is 18.8. The first kappa shape index (κ1) is 20.9. The van der Waals surface area contributed by atoms with Crippen LogP contribution in [0, 0.1) is 40.4 Å². The Morgan fingerprint density at radius 2 is 1.96 bits per heavy atom. The number of rotatable bonds is 5. The SMILES string of the molecule is CC(CCCN(C)N)C1CCC2C3CC=C4CC(O)CCC4(C)C3CCC12C. The van der Waals surface area contributed by atoms with Crippen molar-refractivity contribution in [2.75, 3.05) is 13.6 Å². The highest BCUT2D eigenvalue weighted by Crippen LogP contribution is 2.67. The maximum absolute atomic E-state index is 10.2. The second-order valence-corrected chi connectivity index (χ2v) is 11.5. The topological polar surface area (TPSA) is 49.5 Å². The lowest BCUT2D eigenvalue weighted by molar-refractivity contribution is -0.0573. The molecule has 0 heterocycles. The van der Waals surface area contributed by atoms with Gasteiger partial charge in [-0.1, -0.05) is 32.4 Å². The van der Waals surface area contributed by atoms with E-state index in [1.807, 2.05) is 12.1 Å². The summed E-state index contributed by atoms with van der Waals surface area (Å²) in [6, 6.07) is 0. The molecule has 28 heavy (non-hydrogen) atoms. The van der Waals surface area contributed by atoms with Gasteiger partial charge < -0.3 is 5.11 Å². The molecule has 0 aromatic rings. The summed E-state index contributed by atoms with van der Waals surface area (Å²) in [7, 11) is 1.98. The van der Waals surface area contributed by atoms with Crippen molar-refractivity contribution < 1.29 is 5.11 Å². The third-order valence-corrected chi connectivity index (χ3v) is 10.0. The molecule has 0 aromatic carbocycles. The van der Waals surface area contributed by atoms with E-state index >= 15 is 0 Å². The number of aliphatic hydroxyl groups is 1. The van der Waals surface area contributed by atoms with Crippen molar-refractivity contribution in [2.45, 2.75) is 91.1 Å². The van der Waals surface area contributed by atoms with Gasteiger partial charge in [0.1, 0.15) is 0 Å². The van der Waals surface area contributed by atoms with Gasteiger partial charge in [0.05, 0.1) is 6.10 Å². The van der Waals surface area contributed by atoms with Crippen LogP contribution in [0.15, 0.2) is 11.6 Å². The van der Waals surface area contributed by atoms with E-state index in [0.29, 0.717) is 10.8 Å². The zero-order chi connectivity index (χ0) is 20.1. The fourth-order valence-electron chi connectivity index (χ4n) is 8.48. The van der Waals surface area contributed by atoms with Gasteiger partial charge in [0.25, 0.3) is 0 Å². The van der Waals surface area contributed by atoms with Crippen molar-refractivity contribution in [3.8, 4) is 0 Å². The molecule has 0 spiro atoms. The van der Waals surface area contributed by atoms with Crippen molar-refractivity contribution in [1.29, 1.82) is 0 Å². The van der Waals surface area contributed by atoms with Crippen LogP contribution in [0.4, 0.5) is 0 Å². The van der Waals surface area contributed by atoms with Crippen LogP contribution in [0.1, 0.15) is 85.0 Å². The highest BCUT2D eigenvalue weighted by Gasteiger charge is 2.59. The molecule has 0 amide bonds. The van der Waals surface area contributed by atoms with Crippen LogP contribution < -0.4 is 5.84 Å². The molecule has 8 atom stereocenters. The average Bonchev–Trinajstić information content (AvgIpc) is 2.99. The Bertz CT molecular complexity index is 601. The largest absolute Gasteiger partial charge is 0.393 e. The second kappa shape index (κ2) is 7.71. The number of hydrazine groups is 1. The Balaban J connectivity index is 1.49. The number of hydrogen-bond donors (Lipinski definition) is 2. The van der Waals surface area contributed by atoms with E-state index in [9.17, 15) is 5.11 Å². The molecule has 0 bridgehead atoms. The molecular weight excluding hydrogens is 344 g/mol. The fraction of sp³-hybridized carbons (Fsp3) is 0.920. The van der Waals surface area contributed by atoms with Crippen molar-refractivity contribution in [3.63, 3.8) is 0 Å². The number of hydrogen-bond acceptors (Lipinski definition) is 3. The molecule has 0 aliphatic heterocycles. The molecule has 4 aliphatic rings. The zero-order valence-corrected chi connectivity index (χ0v) is 18.8. The van der Waals surface area contributed by atoms with Gasteiger partial charge in [0, 0.05) is 13.6 Å². The summed E-state index contributed by atoms with van der Waals surface area (Å²) in [5.74, 6) is 10.2. The van der Waals surface area contributed by atoms with Crippen LogP contribution in [-0.4, -0.2) is 29.8 Å². The van der Waals surface area contributed by atoms with Crippen LogP contribution in [0.2, 0.25) is 0 Å². The number of nitrogens with two attached hydrogens (primary N) is 1. The Kier molecular flexibility index (Phi) is 5.74. The van der Waals surface area contributed by atoms with Gasteiger partial charge in [-0.3, -0.25) is 10.9 Å². The van der Waals surface area contributed by atoms with Gasteiger partial charge in [0.15, 0.2) is 0 Å². The summed E-state index contributed by atoms with van der Waals surface area (Å²) in [6.07, 6.45) is 15.2. The predicted molar refractivity (Wildman–Crippen MR) is 116 cm³/mol. The first-order chi connectivity index (χ1) is 13.3. The smallest absolute Gasteiger partial charge is 0.0577 e. The van der Waals surface area contributed by atoms with Gasteiger partial charge in [-0.15, -0.1) is 0 Å². The van der Waals surface area contributed by atoms with Crippen molar-refractivity contribution >= 4 is 0 Å². The number of aliphatic hydroxyl groups excluding tert-OH is 1. The molecule has 8 unspecified atom stereocenters. The quantitative estimate of drug-likeness (QED) is 0.389. The Morgan fingerprint density at radius 1 is 1.18 bits per heavy atom. The summed E-state index contributed by atoms with van der Waals surface area (Å²) in [5, 5.41) is 12.0.